The molecule has 1 fully saturated rings. The Labute approximate surface area is 140 Å². The van der Waals surface area contributed by atoms with Crippen LogP contribution in [0.25, 0.3) is 0 Å². The number of carbonyl (C=O) groups is 1. The third-order valence-corrected chi connectivity index (χ3v) is 4.42. The summed E-state index contributed by atoms with van der Waals surface area (Å²) in [5.74, 6) is 0.725. The summed E-state index contributed by atoms with van der Waals surface area (Å²) in [6.07, 6.45) is 5.50. The van der Waals surface area contributed by atoms with Gasteiger partial charge in [0.2, 0.25) is 5.91 Å². The van der Waals surface area contributed by atoms with Gasteiger partial charge in [0.25, 0.3) is 0 Å². The van der Waals surface area contributed by atoms with Crippen LogP contribution in [0.4, 0.5) is 0 Å². The summed E-state index contributed by atoms with van der Waals surface area (Å²) >= 11 is 0. The molecule has 0 bridgehead atoms. The Morgan fingerprint density at radius 3 is 2.32 bits per heavy atom. The first-order chi connectivity index (χ1) is 10.0. The molecule has 1 aromatic carbocycles. The van der Waals surface area contributed by atoms with Crippen molar-refractivity contribution in [2.45, 2.75) is 70.4 Å². The van der Waals surface area contributed by atoms with Gasteiger partial charge in [-0.1, -0.05) is 38.1 Å². The van der Waals surface area contributed by atoms with E-state index in [2.05, 4.69) is 43.4 Å². The first-order valence-electron chi connectivity index (χ1n) is 8.18. The number of hydrogen-bond acceptors (Lipinski definition) is 2. The van der Waals surface area contributed by atoms with Crippen molar-refractivity contribution in [3.05, 3.63) is 35.4 Å². The smallest absolute Gasteiger partial charge is 0.220 e. The summed E-state index contributed by atoms with van der Waals surface area (Å²) in [5.41, 5.74) is 8.47. The fourth-order valence-corrected chi connectivity index (χ4v) is 2.89. The molecule has 1 saturated carbocycles. The van der Waals surface area contributed by atoms with Crippen LogP contribution in [0, 0.1) is 0 Å². The molecule has 22 heavy (non-hydrogen) atoms. The molecule has 1 amide bonds. The number of rotatable bonds is 5. The minimum absolute atomic E-state index is 0. The molecule has 3 N–H and O–H groups in total. The molecule has 124 valence electrons. The zero-order chi connectivity index (χ0) is 15.2. The topological polar surface area (TPSA) is 55.1 Å². The Morgan fingerprint density at radius 2 is 1.77 bits per heavy atom. The predicted molar refractivity (Wildman–Crippen MR) is 94.5 cm³/mol. The normalized spacial score (nSPS) is 21.3. The van der Waals surface area contributed by atoms with Crippen molar-refractivity contribution in [3.63, 3.8) is 0 Å². The van der Waals surface area contributed by atoms with Gasteiger partial charge in [0.1, 0.15) is 0 Å². The predicted octanol–water partition coefficient (Wildman–Crippen LogP) is 3.55. The minimum atomic E-state index is 0. The van der Waals surface area contributed by atoms with Crippen molar-refractivity contribution < 1.29 is 4.79 Å². The van der Waals surface area contributed by atoms with Gasteiger partial charge in [-0.2, -0.15) is 0 Å². The molecule has 0 unspecified atom stereocenters. The molecule has 1 aliphatic rings. The quantitative estimate of drug-likeness (QED) is 0.870. The van der Waals surface area contributed by atoms with Crippen molar-refractivity contribution in [2.24, 2.45) is 5.73 Å². The molecule has 1 aliphatic carbocycles. The monoisotopic (exact) mass is 324 g/mol. The lowest BCUT2D eigenvalue weighted by molar-refractivity contribution is -0.122. The number of benzene rings is 1. The van der Waals surface area contributed by atoms with Gasteiger partial charge in [-0.3, -0.25) is 4.79 Å². The van der Waals surface area contributed by atoms with Crippen LogP contribution in [0.1, 0.15) is 63.0 Å². The Bertz CT molecular complexity index is 451. The van der Waals surface area contributed by atoms with Gasteiger partial charge in [0.05, 0.1) is 0 Å². The zero-order valence-electron chi connectivity index (χ0n) is 13.7. The average molecular weight is 325 g/mol. The van der Waals surface area contributed by atoms with E-state index in [0.29, 0.717) is 24.4 Å². The molecular weight excluding hydrogens is 296 g/mol. The van der Waals surface area contributed by atoms with Crippen LogP contribution in [-0.2, 0) is 11.2 Å². The molecule has 0 heterocycles. The number of halogens is 1. The highest BCUT2D eigenvalue weighted by molar-refractivity contribution is 5.85. The molecule has 3 nitrogen and oxygen atoms in total. The minimum Gasteiger partial charge on any atom is -0.353 e. The van der Waals surface area contributed by atoms with Crippen LogP contribution >= 0.6 is 12.4 Å². The van der Waals surface area contributed by atoms with Crippen LogP contribution in [0.5, 0.6) is 0 Å². The molecule has 0 radical (unpaired) electrons. The third-order valence-electron chi connectivity index (χ3n) is 4.42. The molecule has 0 atom stereocenters. The number of amides is 1. The van der Waals surface area contributed by atoms with Crippen LogP contribution in [0.2, 0.25) is 0 Å². The maximum absolute atomic E-state index is 12.0. The lowest BCUT2D eigenvalue weighted by Gasteiger charge is -2.26. The van der Waals surface area contributed by atoms with E-state index in [-0.39, 0.29) is 18.3 Å². The molecule has 0 aromatic heterocycles. The summed E-state index contributed by atoms with van der Waals surface area (Å²) in [7, 11) is 0. The van der Waals surface area contributed by atoms with E-state index < -0.39 is 0 Å². The summed E-state index contributed by atoms with van der Waals surface area (Å²) in [5, 5.41) is 3.14. The molecule has 1 aromatic rings. The highest BCUT2D eigenvalue weighted by atomic mass is 35.5. The Kier molecular flexibility index (Phi) is 7.91. The molecule has 0 saturated heterocycles. The van der Waals surface area contributed by atoms with Crippen molar-refractivity contribution >= 4 is 18.3 Å². The standard InChI is InChI=1S/C18H28N2O.ClH/c1-13(2)15-6-3-14(4-7-15)5-12-18(21)20-17-10-8-16(19)9-11-17;/h3-4,6-7,13,16-17H,5,8-12,19H2,1-2H3,(H,20,21);1H. The second kappa shape index (κ2) is 9.16. The average Bonchev–Trinajstić information content (AvgIpc) is 2.48. The zero-order valence-corrected chi connectivity index (χ0v) is 14.5. The van der Waals surface area contributed by atoms with E-state index in [9.17, 15) is 4.79 Å². The maximum Gasteiger partial charge on any atom is 0.220 e. The van der Waals surface area contributed by atoms with Gasteiger partial charge in [0, 0.05) is 18.5 Å². The van der Waals surface area contributed by atoms with Gasteiger partial charge in [-0.25, -0.2) is 0 Å². The van der Waals surface area contributed by atoms with Crippen molar-refractivity contribution in [1.29, 1.82) is 0 Å². The van der Waals surface area contributed by atoms with E-state index in [1.54, 1.807) is 0 Å². The molecule has 0 spiro atoms. The van der Waals surface area contributed by atoms with E-state index in [4.69, 9.17) is 5.73 Å². The second-order valence-electron chi connectivity index (χ2n) is 6.58. The third kappa shape index (κ3) is 5.98. The van der Waals surface area contributed by atoms with Crippen molar-refractivity contribution in [1.82, 2.24) is 5.32 Å². The van der Waals surface area contributed by atoms with E-state index in [0.717, 1.165) is 32.1 Å². The number of aryl methyl sites for hydroxylation is 1. The highest BCUT2D eigenvalue weighted by Crippen LogP contribution is 2.18. The summed E-state index contributed by atoms with van der Waals surface area (Å²) in [4.78, 5) is 12.0. The molecule has 4 heteroatoms. The second-order valence-corrected chi connectivity index (χ2v) is 6.58. The van der Waals surface area contributed by atoms with Gasteiger partial charge < -0.3 is 11.1 Å². The van der Waals surface area contributed by atoms with E-state index >= 15 is 0 Å². The van der Waals surface area contributed by atoms with Crippen molar-refractivity contribution in [2.75, 3.05) is 0 Å². The van der Waals surface area contributed by atoms with Crippen LogP contribution in [0.15, 0.2) is 24.3 Å². The van der Waals surface area contributed by atoms with Crippen LogP contribution in [-0.4, -0.2) is 18.0 Å². The maximum atomic E-state index is 12.0. The van der Waals surface area contributed by atoms with E-state index in [1.807, 2.05) is 0 Å². The van der Waals surface area contributed by atoms with Gasteiger partial charge >= 0.3 is 0 Å². The van der Waals surface area contributed by atoms with Crippen molar-refractivity contribution in [3.8, 4) is 0 Å². The van der Waals surface area contributed by atoms with Crippen LogP contribution in [0.3, 0.4) is 0 Å². The van der Waals surface area contributed by atoms with Gasteiger partial charge in [-0.15, -0.1) is 12.4 Å². The first-order valence-corrected chi connectivity index (χ1v) is 8.18. The summed E-state index contributed by atoms with van der Waals surface area (Å²) in [6, 6.07) is 9.28. The lowest BCUT2D eigenvalue weighted by atomic mass is 9.91. The Hall–Kier alpha value is -1.06. The van der Waals surface area contributed by atoms with Gasteiger partial charge in [-0.05, 0) is 49.1 Å². The highest BCUT2D eigenvalue weighted by Gasteiger charge is 2.19. The first kappa shape index (κ1) is 19.0. The lowest BCUT2D eigenvalue weighted by Crippen LogP contribution is -2.40. The number of nitrogens with two attached hydrogens (primary N) is 1. The molecule has 0 aliphatic heterocycles. The number of nitrogens with one attached hydrogen (secondary N) is 1. The SMILES string of the molecule is CC(C)c1ccc(CCC(=O)NC2CCC(N)CC2)cc1.Cl. The molecule has 2 rings (SSSR count). The van der Waals surface area contributed by atoms with E-state index in [1.165, 1.54) is 11.1 Å². The largest absolute Gasteiger partial charge is 0.353 e. The van der Waals surface area contributed by atoms with Gasteiger partial charge in [0.15, 0.2) is 0 Å². The van der Waals surface area contributed by atoms with Crippen LogP contribution < -0.4 is 11.1 Å². The number of carbonyl (C=O) groups excluding carboxylic acids is 1. The fourth-order valence-electron chi connectivity index (χ4n) is 2.89. The summed E-state index contributed by atoms with van der Waals surface area (Å²) < 4.78 is 0. The Balaban J connectivity index is 0.00000242. The number of hydrogen-bond donors (Lipinski definition) is 2. The Morgan fingerprint density at radius 1 is 1.18 bits per heavy atom. The fraction of sp³-hybridized carbons (Fsp3) is 0.611. The molecular formula is C18H29ClN2O. The summed E-state index contributed by atoms with van der Waals surface area (Å²) in [6.45, 7) is 4.39.